The number of rotatable bonds is 9. The zero-order valence-corrected chi connectivity index (χ0v) is 12.3. The fourth-order valence-corrected chi connectivity index (χ4v) is 1.90. The number of ether oxygens (including phenoxy) is 1. The zero-order chi connectivity index (χ0) is 14.8. The second kappa shape index (κ2) is 9.20. The molecule has 5 nitrogen and oxygen atoms in total. The van der Waals surface area contributed by atoms with E-state index in [0.717, 1.165) is 24.8 Å². The van der Waals surface area contributed by atoms with Crippen LogP contribution in [0.25, 0.3) is 0 Å². The van der Waals surface area contributed by atoms with Crippen LogP contribution in [0.5, 0.6) is 5.75 Å². The summed E-state index contributed by atoms with van der Waals surface area (Å²) in [5.41, 5.74) is 6.16. The molecular formula is C15H25N3O2. The van der Waals surface area contributed by atoms with Crippen molar-refractivity contribution in [3.8, 4) is 5.75 Å². The van der Waals surface area contributed by atoms with E-state index >= 15 is 0 Å². The Bertz CT molecular complexity index is 400. The molecule has 1 aromatic rings. The lowest BCUT2D eigenvalue weighted by atomic mass is 10.0. The van der Waals surface area contributed by atoms with Gasteiger partial charge in [-0.25, -0.2) is 0 Å². The molecular weight excluding hydrogens is 254 g/mol. The number of nitrogens with zero attached hydrogens (tertiary/aromatic N) is 1. The first-order chi connectivity index (χ1) is 9.71. The first-order valence-electron chi connectivity index (χ1n) is 7.12. The minimum Gasteiger partial charge on any atom is -0.492 e. The van der Waals surface area contributed by atoms with Gasteiger partial charge in [-0.2, -0.15) is 0 Å². The molecule has 0 aromatic heterocycles. The van der Waals surface area contributed by atoms with Crippen LogP contribution in [-0.4, -0.2) is 30.7 Å². The first kappa shape index (κ1) is 16.3. The van der Waals surface area contributed by atoms with Crippen molar-refractivity contribution in [2.45, 2.75) is 26.7 Å². The van der Waals surface area contributed by atoms with E-state index in [4.69, 9.17) is 15.7 Å². The Hall–Kier alpha value is -1.75. The van der Waals surface area contributed by atoms with Crippen LogP contribution >= 0.6 is 0 Å². The molecule has 0 spiro atoms. The molecule has 0 saturated carbocycles. The summed E-state index contributed by atoms with van der Waals surface area (Å²) >= 11 is 0. The normalized spacial score (nSPS) is 11.8. The first-order valence-corrected chi connectivity index (χ1v) is 7.12. The molecule has 0 aliphatic heterocycles. The van der Waals surface area contributed by atoms with Gasteiger partial charge in [0.2, 0.25) is 0 Å². The molecule has 112 valence electrons. The van der Waals surface area contributed by atoms with Gasteiger partial charge in [-0.05, 0) is 36.7 Å². The molecule has 0 saturated heterocycles. The van der Waals surface area contributed by atoms with E-state index in [1.54, 1.807) is 12.1 Å². The van der Waals surface area contributed by atoms with Gasteiger partial charge in [0.15, 0.2) is 5.84 Å². The lowest BCUT2D eigenvalue weighted by Crippen LogP contribution is -2.26. The summed E-state index contributed by atoms with van der Waals surface area (Å²) in [6.07, 6.45) is 2.42. The Morgan fingerprint density at radius 3 is 2.50 bits per heavy atom. The van der Waals surface area contributed by atoms with Gasteiger partial charge >= 0.3 is 0 Å². The topological polar surface area (TPSA) is 79.9 Å². The number of oxime groups is 1. The monoisotopic (exact) mass is 279 g/mol. The molecule has 0 amide bonds. The van der Waals surface area contributed by atoms with Crippen molar-refractivity contribution in [2.24, 2.45) is 16.8 Å². The maximum absolute atomic E-state index is 8.57. The Labute approximate surface area is 120 Å². The van der Waals surface area contributed by atoms with Gasteiger partial charge in [0, 0.05) is 12.1 Å². The van der Waals surface area contributed by atoms with Gasteiger partial charge in [0.25, 0.3) is 0 Å². The van der Waals surface area contributed by atoms with Gasteiger partial charge in [-0.1, -0.05) is 31.8 Å². The van der Waals surface area contributed by atoms with Crippen LogP contribution in [0, 0.1) is 5.92 Å². The molecule has 0 radical (unpaired) electrons. The Morgan fingerprint density at radius 2 is 1.95 bits per heavy atom. The predicted molar refractivity (Wildman–Crippen MR) is 81.4 cm³/mol. The van der Waals surface area contributed by atoms with Gasteiger partial charge in [-0.3, -0.25) is 0 Å². The molecule has 0 heterocycles. The van der Waals surface area contributed by atoms with Gasteiger partial charge in [0.1, 0.15) is 12.4 Å². The van der Waals surface area contributed by atoms with Crippen molar-refractivity contribution in [1.29, 1.82) is 0 Å². The Morgan fingerprint density at radius 1 is 1.30 bits per heavy atom. The maximum Gasteiger partial charge on any atom is 0.170 e. The Balaban J connectivity index is 2.25. The van der Waals surface area contributed by atoms with E-state index in [9.17, 15) is 0 Å². The van der Waals surface area contributed by atoms with E-state index in [2.05, 4.69) is 24.3 Å². The highest BCUT2D eigenvalue weighted by atomic mass is 16.5. The lowest BCUT2D eigenvalue weighted by molar-refractivity contribution is 0.307. The number of benzene rings is 1. The summed E-state index contributed by atoms with van der Waals surface area (Å²) in [7, 11) is 0. The van der Waals surface area contributed by atoms with Crippen LogP contribution in [-0.2, 0) is 0 Å². The molecule has 1 aromatic carbocycles. The fourth-order valence-electron chi connectivity index (χ4n) is 1.90. The summed E-state index contributed by atoms with van der Waals surface area (Å²) in [5, 5.41) is 14.9. The molecule has 5 heteroatoms. The number of hydrogen-bond donors (Lipinski definition) is 3. The van der Waals surface area contributed by atoms with E-state index in [-0.39, 0.29) is 5.84 Å². The van der Waals surface area contributed by atoms with Gasteiger partial charge < -0.3 is 21.0 Å². The summed E-state index contributed by atoms with van der Waals surface area (Å²) in [4.78, 5) is 0. The summed E-state index contributed by atoms with van der Waals surface area (Å²) in [6, 6.07) is 7.16. The number of amidine groups is 1. The van der Waals surface area contributed by atoms with Crippen LogP contribution in [0.1, 0.15) is 32.3 Å². The molecule has 0 unspecified atom stereocenters. The zero-order valence-electron chi connectivity index (χ0n) is 12.3. The van der Waals surface area contributed by atoms with E-state index in [0.29, 0.717) is 12.2 Å². The molecule has 0 aliphatic carbocycles. The van der Waals surface area contributed by atoms with Gasteiger partial charge in [0.05, 0.1) is 0 Å². The number of nitrogens with two attached hydrogens (primary N) is 1. The van der Waals surface area contributed by atoms with Crippen molar-refractivity contribution in [3.63, 3.8) is 0 Å². The van der Waals surface area contributed by atoms with Crippen molar-refractivity contribution < 1.29 is 9.94 Å². The van der Waals surface area contributed by atoms with Crippen LogP contribution in [0.3, 0.4) is 0 Å². The number of hydrogen-bond acceptors (Lipinski definition) is 4. The predicted octanol–water partition coefficient (Wildman–Crippen LogP) is 2.19. The van der Waals surface area contributed by atoms with E-state index in [1.165, 1.54) is 12.8 Å². The van der Waals surface area contributed by atoms with Crippen molar-refractivity contribution in [2.75, 3.05) is 19.7 Å². The molecule has 0 bridgehead atoms. The minimum atomic E-state index is 0.100. The SMILES string of the molecule is CCC(CC)CNCCOc1ccc(/C(N)=N/O)cc1. The standard InChI is InChI=1S/C15H25N3O2/c1-3-12(4-2)11-17-9-10-20-14-7-5-13(6-8-14)15(16)18-19/h5-8,12,17,19H,3-4,9-11H2,1-2H3,(H2,16,18). The van der Waals surface area contributed by atoms with E-state index in [1.807, 2.05) is 12.1 Å². The third-order valence-electron chi connectivity index (χ3n) is 3.39. The van der Waals surface area contributed by atoms with Crippen molar-refractivity contribution in [1.82, 2.24) is 5.32 Å². The Kier molecular flexibility index (Phi) is 7.50. The molecule has 0 fully saturated rings. The highest BCUT2D eigenvalue weighted by molar-refractivity contribution is 5.97. The summed E-state index contributed by atoms with van der Waals surface area (Å²) in [6.45, 7) is 6.94. The minimum absolute atomic E-state index is 0.100. The average molecular weight is 279 g/mol. The summed E-state index contributed by atoms with van der Waals surface area (Å²) in [5.74, 6) is 1.63. The van der Waals surface area contributed by atoms with Crippen LogP contribution in [0.2, 0.25) is 0 Å². The lowest BCUT2D eigenvalue weighted by Gasteiger charge is -2.13. The largest absolute Gasteiger partial charge is 0.492 e. The molecule has 0 aliphatic rings. The molecule has 4 N–H and O–H groups in total. The van der Waals surface area contributed by atoms with Crippen molar-refractivity contribution in [3.05, 3.63) is 29.8 Å². The highest BCUT2D eigenvalue weighted by Gasteiger charge is 2.02. The van der Waals surface area contributed by atoms with Gasteiger partial charge in [-0.15, -0.1) is 0 Å². The fraction of sp³-hybridized carbons (Fsp3) is 0.533. The molecule has 20 heavy (non-hydrogen) atoms. The van der Waals surface area contributed by atoms with E-state index < -0.39 is 0 Å². The van der Waals surface area contributed by atoms with Crippen LogP contribution in [0.4, 0.5) is 0 Å². The third kappa shape index (κ3) is 5.48. The number of nitrogens with one attached hydrogen (secondary N) is 1. The van der Waals surface area contributed by atoms with Crippen LogP contribution < -0.4 is 15.8 Å². The second-order valence-electron chi connectivity index (χ2n) is 4.74. The summed E-state index contributed by atoms with van der Waals surface area (Å²) < 4.78 is 5.62. The second-order valence-corrected chi connectivity index (χ2v) is 4.74. The van der Waals surface area contributed by atoms with Crippen molar-refractivity contribution >= 4 is 5.84 Å². The maximum atomic E-state index is 8.57. The smallest absolute Gasteiger partial charge is 0.170 e. The van der Waals surface area contributed by atoms with Crippen LogP contribution in [0.15, 0.2) is 29.4 Å². The third-order valence-corrected chi connectivity index (χ3v) is 3.39. The molecule has 1 rings (SSSR count). The highest BCUT2D eigenvalue weighted by Crippen LogP contribution is 2.11. The average Bonchev–Trinajstić information content (AvgIpc) is 2.50. The quantitative estimate of drug-likeness (QED) is 0.213. The molecule has 0 atom stereocenters.